The second kappa shape index (κ2) is 20.9. The zero-order chi connectivity index (χ0) is 29.9. The molecular weight excluding hydrogens is 553 g/mol. The molecular formula is C29H54NO8PS. The molecule has 0 aliphatic carbocycles. The zero-order valence-electron chi connectivity index (χ0n) is 24.5. The molecule has 4 unspecified atom stereocenters. The van der Waals surface area contributed by atoms with E-state index >= 15 is 0 Å². The number of hydrogen-bond acceptors (Lipinski definition) is 6. The topological polar surface area (TPSA) is 153 Å². The normalized spacial score (nSPS) is 15.6. The number of rotatable bonds is 25. The summed E-state index contributed by atoms with van der Waals surface area (Å²) >= 11 is 0. The molecule has 0 heterocycles. The minimum Gasteiger partial charge on any atom is -0.389 e. The van der Waals surface area contributed by atoms with Crippen molar-refractivity contribution >= 4 is 17.6 Å². The van der Waals surface area contributed by atoms with Gasteiger partial charge in [0.2, 0.25) is 10.0 Å². The van der Waals surface area contributed by atoms with Gasteiger partial charge in [-0.3, -0.25) is 4.57 Å². The number of aliphatic hydroxyl groups excluding tert-OH is 2. The number of nitrogens with one attached hydrogen (secondary N) is 1. The van der Waals surface area contributed by atoms with Gasteiger partial charge >= 0.3 is 7.60 Å². The Labute approximate surface area is 242 Å². The van der Waals surface area contributed by atoms with E-state index in [9.17, 15) is 33.0 Å². The highest BCUT2D eigenvalue weighted by Gasteiger charge is 2.43. The first-order valence-electron chi connectivity index (χ1n) is 15.1. The number of aliphatic hydroxyl groups is 2. The van der Waals surface area contributed by atoms with E-state index in [1.165, 1.54) is 19.3 Å². The monoisotopic (exact) mass is 607 g/mol. The first kappa shape index (κ1) is 37.2. The van der Waals surface area contributed by atoms with Gasteiger partial charge in [-0.05, 0) is 18.4 Å². The molecule has 0 aliphatic heterocycles. The van der Waals surface area contributed by atoms with Gasteiger partial charge in [0.25, 0.3) is 0 Å². The summed E-state index contributed by atoms with van der Waals surface area (Å²) in [7, 11) is -8.85. The van der Waals surface area contributed by atoms with Crippen molar-refractivity contribution < 1.29 is 37.7 Å². The van der Waals surface area contributed by atoms with Crippen molar-refractivity contribution in [2.75, 3.05) is 5.75 Å². The summed E-state index contributed by atoms with van der Waals surface area (Å²) in [6.45, 7) is 4.17. The summed E-state index contributed by atoms with van der Waals surface area (Å²) in [5.41, 5.74) is 0.681. The van der Waals surface area contributed by atoms with E-state index in [-0.39, 0.29) is 18.8 Å². The Morgan fingerprint density at radius 1 is 0.800 bits per heavy atom. The van der Waals surface area contributed by atoms with E-state index < -0.39 is 41.7 Å². The number of hydrogen-bond donors (Lipinski definition) is 5. The van der Waals surface area contributed by atoms with Gasteiger partial charge in [-0.15, -0.1) is 0 Å². The molecule has 4 atom stereocenters. The lowest BCUT2D eigenvalue weighted by molar-refractivity contribution is -0.0979. The summed E-state index contributed by atoms with van der Waals surface area (Å²) in [6.07, 6.45) is 10.6. The maximum absolute atomic E-state index is 13.0. The Balaban J connectivity index is 2.91. The van der Waals surface area contributed by atoms with Crippen LogP contribution in [0, 0.1) is 0 Å². The van der Waals surface area contributed by atoms with E-state index in [0.717, 1.165) is 57.8 Å². The highest BCUT2D eigenvalue weighted by atomic mass is 32.2. The standard InChI is InChI=1S/C29H54NO8PS/c1-3-5-7-9-11-12-14-19-23-40(36,37)30-26(22-18-13-10-8-6-4-2)27(31)28(29(32)39(33,34)35)38-24-25-20-16-15-17-21-25/h15-17,20-21,26-32H,3-14,18-19,22-24H2,1-2H3,(H2,33,34,35). The Hall–Kier alpha value is -0.840. The molecule has 1 aromatic carbocycles. The molecule has 0 aliphatic rings. The van der Waals surface area contributed by atoms with Gasteiger partial charge in [-0.25, -0.2) is 13.1 Å². The molecule has 0 amide bonds. The Bertz CT molecular complexity index is 912. The molecule has 0 aromatic heterocycles. The fourth-order valence-electron chi connectivity index (χ4n) is 4.71. The lowest BCUT2D eigenvalue weighted by Gasteiger charge is -2.33. The molecule has 0 spiro atoms. The SMILES string of the molecule is CCCCCCCCCCS(=O)(=O)NC(CCCCCCCC)C(O)C(OCc1ccccc1)C(O)P(=O)(O)O. The van der Waals surface area contributed by atoms with E-state index in [1.807, 2.05) is 0 Å². The second-order valence-electron chi connectivity index (χ2n) is 10.8. The van der Waals surface area contributed by atoms with Crippen molar-refractivity contribution in [3.8, 4) is 0 Å². The Morgan fingerprint density at radius 2 is 1.30 bits per heavy atom. The third kappa shape index (κ3) is 16.6. The number of benzene rings is 1. The molecule has 1 aromatic rings. The lowest BCUT2D eigenvalue weighted by Crippen LogP contribution is -2.53. The van der Waals surface area contributed by atoms with Gasteiger partial charge in [-0.1, -0.05) is 128 Å². The molecule has 0 saturated carbocycles. The van der Waals surface area contributed by atoms with Gasteiger partial charge < -0.3 is 24.7 Å². The van der Waals surface area contributed by atoms with Crippen LogP contribution in [0.3, 0.4) is 0 Å². The molecule has 0 fully saturated rings. The van der Waals surface area contributed by atoms with Gasteiger partial charge in [0, 0.05) is 0 Å². The predicted octanol–water partition coefficient (Wildman–Crippen LogP) is 5.61. The average Bonchev–Trinajstić information content (AvgIpc) is 2.91. The van der Waals surface area contributed by atoms with E-state index in [1.54, 1.807) is 30.3 Å². The summed E-state index contributed by atoms with van der Waals surface area (Å²) in [6, 6.07) is 7.76. The smallest absolute Gasteiger partial charge is 0.356 e. The van der Waals surface area contributed by atoms with Crippen LogP contribution in [-0.4, -0.2) is 58.3 Å². The van der Waals surface area contributed by atoms with E-state index in [0.29, 0.717) is 18.4 Å². The highest BCUT2D eigenvalue weighted by molar-refractivity contribution is 7.89. The maximum Gasteiger partial charge on any atom is 0.356 e. The fraction of sp³-hybridized carbons (Fsp3) is 0.793. The highest BCUT2D eigenvalue weighted by Crippen LogP contribution is 2.43. The van der Waals surface area contributed by atoms with Gasteiger partial charge in [0.1, 0.15) is 6.10 Å². The van der Waals surface area contributed by atoms with Crippen LogP contribution in [0.15, 0.2) is 30.3 Å². The van der Waals surface area contributed by atoms with Crippen LogP contribution in [0.25, 0.3) is 0 Å². The van der Waals surface area contributed by atoms with Crippen LogP contribution in [-0.2, 0) is 25.9 Å². The molecule has 40 heavy (non-hydrogen) atoms. The van der Waals surface area contributed by atoms with Crippen molar-refractivity contribution in [3.63, 3.8) is 0 Å². The van der Waals surface area contributed by atoms with Crippen molar-refractivity contribution in [1.29, 1.82) is 0 Å². The molecule has 0 bridgehead atoms. The van der Waals surface area contributed by atoms with Crippen LogP contribution in [0.4, 0.5) is 0 Å². The molecule has 11 heteroatoms. The largest absolute Gasteiger partial charge is 0.389 e. The number of unbranched alkanes of at least 4 members (excludes halogenated alkanes) is 12. The van der Waals surface area contributed by atoms with Crippen molar-refractivity contribution in [2.24, 2.45) is 0 Å². The zero-order valence-corrected chi connectivity index (χ0v) is 26.2. The maximum atomic E-state index is 13.0. The quantitative estimate of drug-likeness (QED) is 0.0710. The van der Waals surface area contributed by atoms with E-state index in [2.05, 4.69) is 18.6 Å². The molecule has 5 N–H and O–H groups in total. The van der Waals surface area contributed by atoms with Gasteiger partial charge in [0.15, 0.2) is 5.85 Å². The summed E-state index contributed by atoms with van der Waals surface area (Å²) in [4.78, 5) is 19.4. The van der Waals surface area contributed by atoms with Crippen LogP contribution < -0.4 is 4.72 Å². The summed E-state index contributed by atoms with van der Waals surface area (Å²) in [5, 5.41) is 21.7. The summed E-state index contributed by atoms with van der Waals surface area (Å²) in [5.74, 6) is -2.41. The first-order valence-corrected chi connectivity index (χ1v) is 18.4. The Morgan fingerprint density at radius 3 is 1.82 bits per heavy atom. The first-order chi connectivity index (χ1) is 19.0. The third-order valence-electron chi connectivity index (χ3n) is 7.14. The fourth-order valence-corrected chi connectivity index (χ4v) is 6.77. The van der Waals surface area contributed by atoms with Crippen LogP contribution in [0.1, 0.15) is 116 Å². The average molecular weight is 608 g/mol. The third-order valence-corrected chi connectivity index (χ3v) is 9.61. The van der Waals surface area contributed by atoms with Crippen molar-refractivity contribution in [2.45, 2.75) is 141 Å². The Kier molecular flexibility index (Phi) is 19.5. The van der Waals surface area contributed by atoms with Crippen molar-refractivity contribution in [1.82, 2.24) is 4.72 Å². The predicted molar refractivity (Wildman–Crippen MR) is 160 cm³/mol. The lowest BCUT2D eigenvalue weighted by atomic mass is 9.99. The van der Waals surface area contributed by atoms with Crippen LogP contribution in [0.5, 0.6) is 0 Å². The molecule has 1 rings (SSSR count). The number of ether oxygens (including phenoxy) is 1. The molecule has 9 nitrogen and oxygen atoms in total. The minimum atomic E-state index is -5.07. The van der Waals surface area contributed by atoms with Crippen LogP contribution >= 0.6 is 7.60 Å². The molecule has 0 radical (unpaired) electrons. The summed E-state index contributed by atoms with van der Waals surface area (Å²) < 4.78 is 46.2. The van der Waals surface area contributed by atoms with Gasteiger partial charge in [-0.2, -0.15) is 0 Å². The van der Waals surface area contributed by atoms with Crippen LogP contribution in [0.2, 0.25) is 0 Å². The molecule has 0 saturated heterocycles. The number of sulfonamides is 1. The second-order valence-corrected chi connectivity index (χ2v) is 14.4. The molecule has 234 valence electrons. The minimum absolute atomic E-state index is 0.0989. The van der Waals surface area contributed by atoms with Crippen molar-refractivity contribution in [3.05, 3.63) is 35.9 Å². The van der Waals surface area contributed by atoms with Gasteiger partial charge in [0.05, 0.1) is 24.5 Å². The van der Waals surface area contributed by atoms with E-state index in [4.69, 9.17) is 4.74 Å².